The topological polar surface area (TPSA) is 149 Å². The Morgan fingerprint density at radius 3 is 1.62 bits per heavy atom. The van der Waals surface area contributed by atoms with Crippen molar-refractivity contribution in [1.29, 1.82) is 0 Å². The third-order valence-electron chi connectivity index (χ3n) is 10.1. The number of hydrogen-bond donors (Lipinski definition) is 6. The number of aliphatic hydroxyl groups excluding tert-OH is 5. The van der Waals surface area contributed by atoms with Crippen LogP contribution in [0.1, 0.15) is 162 Å². The van der Waals surface area contributed by atoms with Gasteiger partial charge in [-0.15, -0.1) is 0 Å². The van der Waals surface area contributed by atoms with Gasteiger partial charge in [0, 0.05) is 6.42 Å². The van der Waals surface area contributed by atoms with E-state index >= 15 is 0 Å². The molecule has 0 aliphatic carbocycles. The lowest BCUT2D eigenvalue weighted by Crippen LogP contribution is -2.60. The van der Waals surface area contributed by atoms with Crippen LogP contribution in [0.25, 0.3) is 0 Å². The largest absolute Gasteiger partial charge is 0.394 e. The normalized spacial score (nSPS) is 21.9. The minimum absolute atomic E-state index is 0.147. The van der Waals surface area contributed by atoms with Crippen LogP contribution in [0.4, 0.5) is 0 Å². The molecule has 9 nitrogen and oxygen atoms in total. The van der Waals surface area contributed by atoms with Crippen molar-refractivity contribution in [3.63, 3.8) is 0 Å². The van der Waals surface area contributed by atoms with Gasteiger partial charge in [-0.1, -0.05) is 164 Å². The first-order chi connectivity index (χ1) is 27.3. The highest BCUT2D eigenvalue weighted by Crippen LogP contribution is 2.23. The number of hydrogen-bond acceptors (Lipinski definition) is 8. The van der Waals surface area contributed by atoms with E-state index in [2.05, 4.69) is 92.1 Å². The Bertz CT molecular complexity index is 1100. The number of unbranched alkanes of at least 4 members (excludes halogenated alkanes) is 13. The summed E-state index contributed by atoms with van der Waals surface area (Å²) < 4.78 is 11.1. The number of nitrogens with one attached hydrogen (secondary N) is 1. The molecule has 1 heterocycles. The van der Waals surface area contributed by atoms with E-state index in [0.29, 0.717) is 12.8 Å². The van der Waals surface area contributed by atoms with Crippen molar-refractivity contribution in [3.05, 3.63) is 72.9 Å². The Balaban J connectivity index is 2.11. The van der Waals surface area contributed by atoms with Crippen molar-refractivity contribution in [2.45, 2.75) is 204 Å². The van der Waals surface area contributed by atoms with Crippen molar-refractivity contribution in [2.24, 2.45) is 0 Å². The summed E-state index contributed by atoms with van der Waals surface area (Å²) in [6.45, 7) is 3.57. The molecule has 0 aromatic heterocycles. The second-order valence-corrected chi connectivity index (χ2v) is 15.1. The first-order valence-electron chi connectivity index (χ1n) is 22.1. The highest BCUT2D eigenvalue weighted by atomic mass is 16.7. The van der Waals surface area contributed by atoms with E-state index in [0.717, 1.165) is 89.9 Å². The lowest BCUT2D eigenvalue weighted by molar-refractivity contribution is -0.302. The van der Waals surface area contributed by atoms with Gasteiger partial charge in [0.15, 0.2) is 6.29 Å². The van der Waals surface area contributed by atoms with Gasteiger partial charge >= 0.3 is 0 Å². The fourth-order valence-corrected chi connectivity index (χ4v) is 6.51. The van der Waals surface area contributed by atoms with Crippen molar-refractivity contribution in [3.8, 4) is 0 Å². The van der Waals surface area contributed by atoms with Crippen LogP contribution >= 0.6 is 0 Å². The van der Waals surface area contributed by atoms with Crippen LogP contribution < -0.4 is 5.32 Å². The first-order valence-corrected chi connectivity index (χ1v) is 22.1. The molecule has 7 unspecified atom stereocenters. The fraction of sp³-hybridized carbons (Fsp3) is 0.723. The van der Waals surface area contributed by atoms with E-state index in [1.54, 1.807) is 0 Å². The molecule has 0 aromatic rings. The molecule has 1 aliphatic rings. The van der Waals surface area contributed by atoms with Crippen molar-refractivity contribution in [1.82, 2.24) is 5.32 Å². The van der Waals surface area contributed by atoms with E-state index in [-0.39, 0.29) is 12.5 Å². The molecule has 1 fully saturated rings. The van der Waals surface area contributed by atoms with Gasteiger partial charge in [0.25, 0.3) is 0 Å². The third kappa shape index (κ3) is 27.3. The predicted molar refractivity (Wildman–Crippen MR) is 230 cm³/mol. The van der Waals surface area contributed by atoms with Crippen molar-refractivity contribution >= 4 is 5.91 Å². The van der Waals surface area contributed by atoms with Gasteiger partial charge in [-0.25, -0.2) is 0 Å². The lowest BCUT2D eigenvalue weighted by atomic mass is 9.99. The highest BCUT2D eigenvalue weighted by Gasteiger charge is 2.44. The molecule has 1 rings (SSSR count). The molecule has 322 valence electrons. The molecule has 1 aliphatic heterocycles. The number of carbonyl (C=O) groups is 1. The third-order valence-corrected chi connectivity index (χ3v) is 10.1. The zero-order chi connectivity index (χ0) is 40.9. The molecule has 56 heavy (non-hydrogen) atoms. The zero-order valence-corrected chi connectivity index (χ0v) is 35.1. The summed E-state index contributed by atoms with van der Waals surface area (Å²) >= 11 is 0. The minimum Gasteiger partial charge on any atom is -0.394 e. The molecule has 7 atom stereocenters. The van der Waals surface area contributed by atoms with Gasteiger partial charge in [0.1, 0.15) is 24.4 Å². The van der Waals surface area contributed by atoms with E-state index in [1.165, 1.54) is 44.9 Å². The number of ether oxygens (including phenoxy) is 2. The molecule has 0 radical (unpaired) electrons. The Morgan fingerprint density at radius 2 is 1.11 bits per heavy atom. The maximum absolute atomic E-state index is 12.8. The zero-order valence-electron chi connectivity index (χ0n) is 35.1. The average Bonchev–Trinajstić information content (AvgIpc) is 3.20. The van der Waals surface area contributed by atoms with Gasteiger partial charge in [-0.2, -0.15) is 0 Å². The number of aliphatic hydroxyl groups is 5. The van der Waals surface area contributed by atoms with Crippen LogP contribution in [-0.2, 0) is 14.3 Å². The van der Waals surface area contributed by atoms with E-state index in [4.69, 9.17) is 9.47 Å². The molecule has 6 N–H and O–H groups in total. The van der Waals surface area contributed by atoms with Crippen LogP contribution in [0.2, 0.25) is 0 Å². The average molecular weight is 788 g/mol. The smallest absolute Gasteiger partial charge is 0.220 e. The van der Waals surface area contributed by atoms with Crippen LogP contribution in [0.15, 0.2) is 72.9 Å². The number of amides is 1. The van der Waals surface area contributed by atoms with Gasteiger partial charge in [0.2, 0.25) is 5.91 Å². The molecule has 1 saturated heterocycles. The molecule has 0 bridgehead atoms. The molecule has 0 spiro atoms. The lowest BCUT2D eigenvalue weighted by Gasteiger charge is -2.40. The maximum atomic E-state index is 12.8. The second kappa shape index (κ2) is 36.9. The maximum Gasteiger partial charge on any atom is 0.220 e. The summed E-state index contributed by atoms with van der Waals surface area (Å²) in [5.74, 6) is -0.163. The first kappa shape index (κ1) is 51.6. The summed E-state index contributed by atoms with van der Waals surface area (Å²) in [4.78, 5) is 12.8. The number of rotatable bonds is 35. The van der Waals surface area contributed by atoms with Gasteiger partial charge in [0.05, 0.1) is 25.4 Å². The Morgan fingerprint density at radius 1 is 0.625 bits per heavy atom. The van der Waals surface area contributed by atoms with E-state index in [1.807, 2.05) is 0 Å². The van der Waals surface area contributed by atoms with Gasteiger partial charge < -0.3 is 40.3 Å². The van der Waals surface area contributed by atoms with Crippen molar-refractivity contribution in [2.75, 3.05) is 13.2 Å². The number of allylic oxidation sites excluding steroid dienone is 12. The fourth-order valence-electron chi connectivity index (χ4n) is 6.51. The highest BCUT2D eigenvalue weighted by molar-refractivity contribution is 5.76. The molecule has 0 aromatic carbocycles. The molecular formula is C47H81NO8. The monoisotopic (exact) mass is 788 g/mol. The van der Waals surface area contributed by atoms with Crippen LogP contribution in [0.5, 0.6) is 0 Å². The van der Waals surface area contributed by atoms with E-state index in [9.17, 15) is 30.3 Å². The minimum atomic E-state index is -1.55. The Hall–Kier alpha value is -2.37. The SMILES string of the molecule is CC/C=C\C/C=C\C/C=C\C/C=C\C/C=C\C/C=C\CCCCCCCCCCCCC(=O)NC(COC1OC(CO)C(O)C(O)C1O)C(O)CCCCCC. The summed E-state index contributed by atoms with van der Waals surface area (Å²) in [7, 11) is 0. The van der Waals surface area contributed by atoms with Gasteiger partial charge in [-0.3, -0.25) is 4.79 Å². The van der Waals surface area contributed by atoms with Crippen molar-refractivity contribution < 1.29 is 39.8 Å². The molecular weight excluding hydrogens is 707 g/mol. The quantitative estimate of drug-likeness (QED) is 0.0276. The Labute approximate surface area is 340 Å². The Kier molecular flexibility index (Phi) is 34.1. The summed E-state index contributed by atoms with van der Waals surface area (Å²) in [5, 5.41) is 53.7. The molecule has 1 amide bonds. The second-order valence-electron chi connectivity index (χ2n) is 15.1. The molecule has 9 heteroatoms. The summed E-state index contributed by atoms with van der Waals surface area (Å²) in [6.07, 6.45) is 42.7. The van der Waals surface area contributed by atoms with Crippen LogP contribution in [-0.4, -0.2) is 87.5 Å². The van der Waals surface area contributed by atoms with Crippen LogP contribution in [0, 0.1) is 0 Å². The van der Waals surface area contributed by atoms with Gasteiger partial charge in [-0.05, 0) is 64.2 Å². The van der Waals surface area contributed by atoms with E-state index < -0.39 is 49.5 Å². The predicted octanol–water partition coefficient (Wildman–Crippen LogP) is 9.00. The summed E-state index contributed by atoms with van der Waals surface area (Å²) in [6, 6.07) is -0.720. The molecule has 0 saturated carbocycles. The van der Waals surface area contributed by atoms with Crippen LogP contribution in [0.3, 0.4) is 0 Å². The standard InChI is InChI=1S/C47H81NO8/c1-3-5-7-9-10-11-12-13-14-15-16-17-18-19-20-21-22-23-24-25-26-27-28-29-30-31-32-33-35-37-43(51)48-40(41(50)36-34-8-6-4-2)39-55-47-46(54)45(53)44(52)42(38-49)56-47/h5,7,10-11,13-14,16-17,19-20,22-23,40-42,44-47,49-50,52-54H,3-4,6,8-9,12,15,18,21,24-39H2,1-2H3,(H,48,51)/b7-5-,11-10-,14-13-,17-16-,20-19-,23-22-. The number of carbonyl (C=O) groups excluding carboxylic acids is 1. The summed E-state index contributed by atoms with van der Waals surface area (Å²) in [5.41, 5.74) is 0.